The molecular formula is C17H20ClNO2. The SMILES string of the molecule is CNC(c1cc(OC)cc(OC)c1)c1ccc(Cl)c(C)c1. The topological polar surface area (TPSA) is 30.5 Å². The van der Waals surface area contributed by atoms with Crippen LogP contribution < -0.4 is 14.8 Å². The van der Waals surface area contributed by atoms with Gasteiger partial charge in [0.15, 0.2) is 0 Å². The molecule has 0 bridgehead atoms. The van der Waals surface area contributed by atoms with E-state index in [9.17, 15) is 0 Å². The van der Waals surface area contributed by atoms with Crippen molar-refractivity contribution in [3.8, 4) is 11.5 Å². The van der Waals surface area contributed by atoms with Crippen molar-refractivity contribution in [3.63, 3.8) is 0 Å². The van der Waals surface area contributed by atoms with Crippen molar-refractivity contribution in [1.82, 2.24) is 5.32 Å². The number of nitrogens with one attached hydrogen (secondary N) is 1. The Kier molecular flexibility index (Phi) is 5.10. The molecule has 0 radical (unpaired) electrons. The van der Waals surface area contributed by atoms with Crippen LogP contribution in [0.1, 0.15) is 22.7 Å². The summed E-state index contributed by atoms with van der Waals surface area (Å²) in [4.78, 5) is 0. The maximum atomic E-state index is 6.11. The second-order valence-corrected chi connectivity index (χ2v) is 5.28. The Labute approximate surface area is 130 Å². The average molecular weight is 306 g/mol. The molecule has 0 aliphatic carbocycles. The number of aryl methyl sites for hydroxylation is 1. The summed E-state index contributed by atoms with van der Waals surface area (Å²) in [5, 5.41) is 4.10. The second kappa shape index (κ2) is 6.83. The molecule has 0 fully saturated rings. The minimum absolute atomic E-state index is 0.0463. The average Bonchev–Trinajstić information content (AvgIpc) is 2.51. The lowest BCUT2D eigenvalue weighted by Gasteiger charge is -2.19. The van der Waals surface area contributed by atoms with Crippen molar-refractivity contribution in [1.29, 1.82) is 0 Å². The van der Waals surface area contributed by atoms with Gasteiger partial charge in [0.25, 0.3) is 0 Å². The van der Waals surface area contributed by atoms with Crippen molar-refractivity contribution in [2.75, 3.05) is 21.3 Å². The Bertz CT molecular complexity index is 606. The monoisotopic (exact) mass is 305 g/mol. The lowest BCUT2D eigenvalue weighted by Crippen LogP contribution is -2.18. The Morgan fingerprint density at radius 3 is 2.05 bits per heavy atom. The maximum absolute atomic E-state index is 6.11. The molecule has 1 unspecified atom stereocenters. The predicted molar refractivity (Wildman–Crippen MR) is 86.6 cm³/mol. The molecule has 2 aromatic rings. The lowest BCUT2D eigenvalue weighted by atomic mass is 9.97. The van der Waals surface area contributed by atoms with Crippen LogP contribution in [-0.2, 0) is 0 Å². The molecular weight excluding hydrogens is 286 g/mol. The van der Waals surface area contributed by atoms with E-state index in [0.29, 0.717) is 0 Å². The quantitative estimate of drug-likeness (QED) is 0.906. The zero-order chi connectivity index (χ0) is 15.4. The zero-order valence-electron chi connectivity index (χ0n) is 12.7. The molecule has 4 heteroatoms. The molecule has 3 nitrogen and oxygen atoms in total. The fourth-order valence-corrected chi connectivity index (χ4v) is 2.49. The number of hydrogen-bond acceptors (Lipinski definition) is 3. The standard InChI is InChI=1S/C17H20ClNO2/c1-11-7-12(5-6-16(11)18)17(19-2)13-8-14(20-3)10-15(9-13)21-4/h5-10,17,19H,1-4H3. The first-order valence-electron chi connectivity index (χ1n) is 6.75. The Balaban J connectivity index is 2.47. The van der Waals surface area contributed by atoms with E-state index in [4.69, 9.17) is 21.1 Å². The van der Waals surface area contributed by atoms with Gasteiger partial charge in [-0.05, 0) is 48.9 Å². The summed E-state index contributed by atoms with van der Waals surface area (Å²) in [5.74, 6) is 1.55. The minimum atomic E-state index is 0.0463. The molecule has 0 aromatic heterocycles. The van der Waals surface area contributed by atoms with Gasteiger partial charge in [0.1, 0.15) is 11.5 Å². The summed E-state index contributed by atoms with van der Waals surface area (Å²) >= 11 is 6.11. The Morgan fingerprint density at radius 2 is 1.57 bits per heavy atom. The highest BCUT2D eigenvalue weighted by molar-refractivity contribution is 6.31. The van der Waals surface area contributed by atoms with Gasteiger partial charge in [-0.1, -0.05) is 23.7 Å². The highest BCUT2D eigenvalue weighted by Gasteiger charge is 2.15. The molecule has 0 aliphatic rings. The van der Waals surface area contributed by atoms with Crippen molar-refractivity contribution in [3.05, 3.63) is 58.1 Å². The van der Waals surface area contributed by atoms with Crippen LogP contribution in [0.4, 0.5) is 0 Å². The highest BCUT2D eigenvalue weighted by atomic mass is 35.5. The van der Waals surface area contributed by atoms with Gasteiger partial charge in [-0.3, -0.25) is 0 Å². The van der Waals surface area contributed by atoms with Gasteiger partial charge < -0.3 is 14.8 Å². The molecule has 0 heterocycles. The van der Waals surface area contributed by atoms with Crippen molar-refractivity contribution in [2.24, 2.45) is 0 Å². The lowest BCUT2D eigenvalue weighted by molar-refractivity contribution is 0.392. The van der Waals surface area contributed by atoms with Crippen LogP contribution in [0.25, 0.3) is 0 Å². The van der Waals surface area contributed by atoms with Crippen LogP contribution in [0.2, 0.25) is 5.02 Å². The van der Waals surface area contributed by atoms with Crippen molar-refractivity contribution >= 4 is 11.6 Å². The van der Waals surface area contributed by atoms with Gasteiger partial charge in [-0.2, -0.15) is 0 Å². The smallest absolute Gasteiger partial charge is 0.122 e. The number of hydrogen-bond donors (Lipinski definition) is 1. The van der Waals surface area contributed by atoms with Gasteiger partial charge >= 0.3 is 0 Å². The van der Waals surface area contributed by atoms with Gasteiger partial charge in [0, 0.05) is 11.1 Å². The second-order valence-electron chi connectivity index (χ2n) is 4.88. The van der Waals surface area contributed by atoms with Gasteiger partial charge in [0.05, 0.1) is 20.3 Å². The Morgan fingerprint density at radius 1 is 0.952 bits per heavy atom. The third-order valence-electron chi connectivity index (χ3n) is 3.51. The van der Waals surface area contributed by atoms with Crippen LogP contribution in [0.3, 0.4) is 0 Å². The first-order chi connectivity index (χ1) is 10.1. The maximum Gasteiger partial charge on any atom is 0.122 e. The van der Waals surface area contributed by atoms with E-state index in [2.05, 4.69) is 11.4 Å². The third-order valence-corrected chi connectivity index (χ3v) is 3.94. The zero-order valence-corrected chi connectivity index (χ0v) is 13.5. The first kappa shape index (κ1) is 15.7. The van der Waals surface area contributed by atoms with Crippen molar-refractivity contribution < 1.29 is 9.47 Å². The van der Waals surface area contributed by atoms with Gasteiger partial charge in [0.2, 0.25) is 0 Å². The van der Waals surface area contributed by atoms with E-state index >= 15 is 0 Å². The van der Waals surface area contributed by atoms with Gasteiger partial charge in [-0.15, -0.1) is 0 Å². The highest BCUT2D eigenvalue weighted by Crippen LogP contribution is 2.31. The number of halogens is 1. The summed E-state index contributed by atoms with van der Waals surface area (Å²) in [6, 6.07) is 12.0. The largest absolute Gasteiger partial charge is 0.497 e. The van der Waals surface area contributed by atoms with E-state index in [1.807, 2.05) is 44.3 Å². The van der Waals surface area contributed by atoms with E-state index in [-0.39, 0.29) is 6.04 Å². The molecule has 0 saturated carbocycles. The molecule has 21 heavy (non-hydrogen) atoms. The van der Waals surface area contributed by atoms with Crippen LogP contribution in [0.5, 0.6) is 11.5 Å². The normalized spacial score (nSPS) is 12.0. The number of ether oxygens (including phenoxy) is 2. The molecule has 2 rings (SSSR count). The minimum Gasteiger partial charge on any atom is -0.497 e. The molecule has 0 saturated heterocycles. The summed E-state index contributed by atoms with van der Waals surface area (Å²) in [5.41, 5.74) is 3.29. The number of rotatable bonds is 5. The van der Waals surface area contributed by atoms with Gasteiger partial charge in [-0.25, -0.2) is 0 Å². The fraction of sp³-hybridized carbons (Fsp3) is 0.294. The Hall–Kier alpha value is -1.71. The molecule has 112 valence electrons. The fourth-order valence-electron chi connectivity index (χ4n) is 2.37. The van der Waals surface area contributed by atoms with Crippen LogP contribution in [0, 0.1) is 6.92 Å². The summed E-state index contributed by atoms with van der Waals surface area (Å²) in [6.45, 7) is 2.00. The molecule has 1 N–H and O–H groups in total. The van der Waals surface area contributed by atoms with Crippen LogP contribution >= 0.6 is 11.6 Å². The van der Waals surface area contributed by atoms with E-state index in [1.54, 1.807) is 14.2 Å². The molecule has 0 aliphatic heterocycles. The molecule has 0 spiro atoms. The first-order valence-corrected chi connectivity index (χ1v) is 7.13. The predicted octanol–water partition coefficient (Wildman–Crippen LogP) is 3.97. The van der Waals surface area contributed by atoms with E-state index in [1.165, 1.54) is 0 Å². The van der Waals surface area contributed by atoms with Crippen molar-refractivity contribution in [2.45, 2.75) is 13.0 Å². The summed E-state index contributed by atoms with van der Waals surface area (Å²) in [6.07, 6.45) is 0. The van der Waals surface area contributed by atoms with E-state index in [0.717, 1.165) is 33.2 Å². The van der Waals surface area contributed by atoms with Crippen LogP contribution in [-0.4, -0.2) is 21.3 Å². The summed E-state index contributed by atoms with van der Waals surface area (Å²) in [7, 11) is 5.24. The third kappa shape index (κ3) is 3.49. The molecule has 1 atom stereocenters. The van der Waals surface area contributed by atoms with E-state index < -0.39 is 0 Å². The molecule has 2 aromatic carbocycles. The number of benzene rings is 2. The molecule has 0 amide bonds. The number of methoxy groups -OCH3 is 2. The van der Waals surface area contributed by atoms with Crippen LogP contribution in [0.15, 0.2) is 36.4 Å². The summed E-state index contributed by atoms with van der Waals surface area (Å²) < 4.78 is 10.7.